The van der Waals surface area contributed by atoms with E-state index in [1.807, 2.05) is 29.7 Å². The molecule has 0 spiro atoms. The number of amides is 2. The smallest absolute Gasteiger partial charge is 0.299 e. The first kappa shape index (κ1) is 24.0. The van der Waals surface area contributed by atoms with Crippen LogP contribution in [0.5, 0.6) is 5.75 Å². The molecule has 9 heteroatoms. The number of imidazole rings is 1. The highest BCUT2D eigenvalue weighted by atomic mass is 16.5. The molecule has 1 atom stereocenters. The third kappa shape index (κ3) is 4.61. The van der Waals surface area contributed by atoms with Crippen LogP contribution in [0.4, 0.5) is 5.82 Å². The van der Waals surface area contributed by atoms with Crippen molar-refractivity contribution in [2.24, 2.45) is 0 Å². The summed E-state index contributed by atoms with van der Waals surface area (Å²) >= 11 is 0. The summed E-state index contributed by atoms with van der Waals surface area (Å²) in [6.07, 6.45) is 6.90. The van der Waals surface area contributed by atoms with Crippen LogP contribution in [0.1, 0.15) is 47.7 Å². The summed E-state index contributed by atoms with van der Waals surface area (Å²) in [6, 6.07) is 10.4. The number of methoxy groups -OCH3 is 1. The molecule has 1 fully saturated rings. The Kier molecular flexibility index (Phi) is 6.56. The number of carbonyl (C=O) groups is 2. The Morgan fingerprint density at radius 3 is 2.70 bits per heavy atom. The first-order valence-corrected chi connectivity index (χ1v) is 12.0. The number of anilines is 1. The molecule has 0 saturated carbocycles. The molecular weight excluding hydrogens is 468 g/mol. The van der Waals surface area contributed by atoms with Crippen molar-refractivity contribution in [2.75, 3.05) is 19.0 Å². The molecule has 1 aliphatic rings. The maximum atomic E-state index is 12.8. The van der Waals surface area contributed by atoms with Crippen molar-refractivity contribution in [3.05, 3.63) is 72.1 Å². The van der Waals surface area contributed by atoms with Gasteiger partial charge in [0.2, 0.25) is 0 Å². The molecule has 0 radical (unpaired) electrons. The SMILES string of the molecule is CC#CC(=O)N1CCCC1c1nc(-c2ccc(C(=O)Nc3cc(OC)ccn3)cc2)c2c(C)nccn12. The Labute approximate surface area is 214 Å². The lowest BCUT2D eigenvalue weighted by molar-refractivity contribution is -0.126. The van der Waals surface area contributed by atoms with Gasteiger partial charge in [0.25, 0.3) is 11.8 Å². The van der Waals surface area contributed by atoms with E-state index in [9.17, 15) is 9.59 Å². The molecule has 1 saturated heterocycles. The Morgan fingerprint density at radius 2 is 1.95 bits per heavy atom. The van der Waals surface area contributed by atoms with Crippen LogP contribution in [0.25, 0.3) is 16.8 Å². The number of ether oxygens (including phenoxy) is 1. The Balaban J connectivity index is 1.48. The second-order valence-electron chi connectivity index (χ2n) is 8.69. The number of pyridine rings is 1. The van der Waals surface area contributed by atoms with E-state index in [1.54, 1.807) is 55.6 Å². The van der Waals surface area contributed by atoms with Gasteiger partial charge in [-0.25, -0.2) is 9.97 Å². The standard InChI is InChI=1S/C28H26N6O3/c1-4-6-24(35)33-15-5-7-22(33)27-32-25(26-18(2)29-14-16-34(26)27)19-8-10-20(11-9-19)28(36)31-23-17-21(37-3)12-13-30-23/h8-14,16-17,22H,5,7,15H2,1-3H3,(H,30,31,36). The van der Waals surface area contributed by atoms with Crippen LogP contribution in [0.2, 0.25) is 0 Å². The molecule has 4 aromatic rings. The van der Waals surface area contributed by atoms with Gasteiger partial charge in [-0.1, -0.05) is 18.1 Å². The summed E-state index contributed by atoms with van der Waals surface area (Å²) in [4.78, 5) is 40.9. The summed E-state index contributed by atoms with van der Waals surface area (Å²) in [5.74, 6) is 6.70. The van der Waals surface area contributed by atoms with Gasteiger partial charge in [0.05, 0.1) is 30.1 Å². The molecule has 0 bridgehead atoms. The van der Waals surface area contributed by atoms with Crippen LogP contribution in [0.15, 0.2) is 55.0 Å². The Hall–Kier alpha value is -4.71. The van der Waals surface area contributed by atoms with Crippen LogP contribution >= 0.6 is 0 Å². The first-order valence-electron chi connectivity index (χ1n) is 12.0. The molecule has 5 rings (SSSR count). The molecule has 1 unspecified atom stereocenters. The molecule has 3 aromatic heterocycles. The van der Waals surface area contributed by atoms with Gasteiger partial charge >= 0.3 is 0 Å². The Bertz CT molecular complexity index is 1550. The van der Waals surface area contributed by atoms with Crippen molar-refractivity contribution >= 4 is 23.1 Å². The largest absolute Gasteiger partial charge is 0.497 e. The molecule has 0 aliphatic carbocycles. The summed E-state index contributed by atoms with van der Waals surface area (Å²) in [5.41, 5.74) is 3.78. The molecular formula is C28H26N6O3. The zero-order valence-electron chi connectivity index (χ0n) is 20.9. The van der Waals surface area contributed by atoms with Crippen LogP contribution in [-0.2, 0) is 4.79 Å². The second-order valence-corrected chi connectivity index (χ2v) is 8.69. The van der Waals surface area contributed by atoms with Gasteiger partial charge in [-0.05, 0) is 50.8 Å². The van der Waals surface area contributed by atoms with Gasteiger partial charge in [-0.3, -0.25) is 19.0 Å². The van der Waals surface area contributed by atoms with Gasteiger partial charge in [-0.15, -0.1) is 0 Å². The number of nitrogens with one attached hydrogen (secondary N) is 1. The maximum absolute atomic E-state index is 12.8. The molecule has 186 valence electrons. The maximum Gasteiger partial charge on any atom is 0.299 e. The monoisotopic (exact) mass is 494 g/mol. The average Bonchev–Trinajstić information content (AvgIpc) is 3.55. The quantitative estimate of drug-likeness (QED) is 0.420. The van der Waals surface area contributed by atoms with Crippen molar-refractivity contribution < 1.29 is 14.3 Å². The van der Waals surface area contributed by atoms with Gasteiger partial charge in [0.1, 0.15) is 17.4 Å². The third-order valence-electron chi connectivity index (χ3n) is 6.44. The zero-order chi connectivity index (χ0) is 25.9. The summed E-state index contributed by atoms with van der Waals surface area (Å²) in [5, 5.41) is 2.79. The lowest BCUT2D eigenvalue weighted by atomic mass is 10.1. The van der Waals surface area contributed by atoms with Gasteiger partial charge in [0, 0.05) is 42.3 Å². The highest BCUT2D eigenvalue weighted by molar-refractivity contribution is 6.04. The number of hydrogen-bond donors (Lipinski definition) is 1. The van der Waals surface area contributed by atoms with E-state index in [4.69, 9.17) is 9.72 Å². The minimum atomic E-state index is -0.280. The van der Waals surface area contributed by atoms with Crippen LogP contribution < -0.4 is 10.1 Å². The number of likely N-dealkylation sites (tertiary alicyclic amines) is 1. The second kappa shape index (κ2) is 10.1. The number of rotatable bonds is 5. The number of nitrogens with zero attached hydrogens (tertiary/aromatic N) is 5. The minimum absolute atomic E-state index is 0.170. The normalized spacial score (nSPS) is 14.8. The number of benzene rings is 1. The Morgan fingerprint density at radius 1 is 1.14 bits per heavy atom. The minimum Gasteiger partial charge on any atom is -0.497 e. The number of hydrogen-bond acceptors (Lipinski definition) is 6. The summed E-state index contributed by atoms with van der Waals surface area (Å²) < 4.78 is 7.20. The summed E-state index contributed by atoms with van der Waals surface area (Å²) in [7, 11) is 1.56. The fraction of sp³-hybridized carbons (Fsp3) is 0.250. The predicted octanol–water partition coefficient (Wildman–Crippen LogP) is 4.05. The van der Waals surface area contributed by atoms with Crippen molar-refractivity contribution in [3.63, 3.8) is 0 Å². The lowest BCUT2D eigenvalue weighted by Gasteiger charge is -2.21. The van der Waals surface area contributed by atoms with Crippen molar-refractivity contribution in [3.8, 4) is 28.8 Å². The molecule has 1 aliphatic heterocycles. The van der Waals surface area contributed by atoms with E-state index in [-0.39, 0.29) is 17.9 Å². The first-order chi connectivity index (χ1) is 18.0. The van der Waals surface area contributed by atoms with E-state index in [2.05, 4.69) is 27.1 Å². The molecule has 37 heavy (non-hydrogen) atoms. The van der Waals surface area contributed by atoms with Crippen molar-refractivity contribution in [2.45, 2.75) is 32.7 Å². The van der Waals surface area contributed by atoms with Crippen LogP contribution in [-0.4, -0.2) is 49.7 Å². The van der Waals surface area contributed by atoms with Gasteiger partial charge in [-0.2, -0.15) is 0 Å². The fourth-order valence-electron chi connectivity index (χ4n) is 4.69. The molecule has 1 N–H and O–H groups in total. The lowest BCUT2D eigenvalue weighted by Crippen LogP contribution is -2.30. The van der Waals surface area contributed by atoms with Gasteiger partial charge < -0.3 is 15.0 Å². The third-order valence-corrected chi connectivity index (χ3v) is 6.44. The van der Waals surface area contributed by atoms with E-state index in [1.165, 1.54) is 0 Å². The van der Waals surface area contributed by atoms with Gasteiger partial charge in [0.15, 0.2) is 0 Å². The number of fused-ring (bicyclic) bond motifs is 1. The highest BCUT2D eigenvalue weighted by Crippen LogP contribution is 2.35. The molecule has 1 aromatic carbocycles. The molecule has 9 nitrogen and oxygen atoms in total. The zero-order valence-corrected chi connectivity index (χ0v) is 20.9. The fourth-order valence-corrected chi connectivity index (χ4v) is 4.69. The van der Waals surface area contributed by atoms with E-state index in [0.717, 1.165) is 41.1 Å². The van der Waals surface area contributed by atoms with Crippen molar-refractivity contribution in [1.82, 2.24) is 24.3 Å². The van der Waals surface area contributed by atoms with E-state index < -0.39 is 0 Å². The highest BCUT2D eigenvalue weighted by Gasteiger charge is 2.33. The number of aromatic nitrogens is 4. The van der Waals surface area contributed by atoms with Crippen molar-refractivity contribution in [1.29, 1.82) is 0 Å². The van der Waals surface area contributed by atoms with Crippen LogP contribution in [0.3, 0.4) is 0 Å². The van der Waals surface area contributed by atoms with E-state index in [0.29, 0.717) is 23.7 Å². The molecule has 2 amide bonds. The van der Waals surface area contributed by atoms with E-state index >= 15 is 0 Å². The predicted molar refractivity (Wildman–Crippen MR) is 139 cm³/mol. The van der Waals surface area contributed by atoms with Crippen LogP contribution in [0, 0.1) is 18.8 Å². The number of aryl methyl sites for hydroxylation is 1. The summed E-state index contributed by atoms with van der Waals surface area (Å²) in [6.45, 7) is 4.25. The molecule has 4 heterocycles. The average molecular weight is 495 g/mol. The number of carbonyl (C=O) groups excluding carboxylic acids is 2. The topological polar surface area (TPSA) is 102 Å².